The highest BCUT2D eigenvalue weighted by Crippen LogP contribution is 2.10. The largest absolute Gasteiger partial charge is 0.196 e. The van der Waals surface area contributed by atoms with Crippen molar-refractivity contribution in [2.24, 2.45) is 22.1 Å². The predicted molar refractivity (Wildman–Crippen MR) is 53.3 cm³/mol. The van der Waals surface area contributed by atoms with E-state index in [1.54, 1.807) is 0 Å². The van der Waals surface area contributed by atoms with Crippen LogP contribution in [-0.2, 0) is 0 Å². The van der Waals surface area contributed by atoms with Crippen molar-refractivity contribution in [2.45, 2.75) is 39.8 Å². The Morgan fingerprint density at radius 2 is 1.07 bits per heavy atom. The maximum Gasteiger partial charge on any atom is 0.159 e. The van der Waals surface area contributed by atoms with Crippen LogP contribution in [0.2, 0.25) is 0 Å². The second-order valence-corrected chi connectivity index (χ2v) is 3.87. The van der Waals surface area contributed by atoms with Crippen molar-refractivity contribution in [3.8, 4) is 12.1 Å². The highest BCUT2D eigenvalue weighted by atomic mass is 15.1. The monoisotopic (exact) mass is 192 g/mol. The lowest BCUT2D eigenvalue weighted by Gasteiger charge is -2.09. The predicted octanol–water partition coefficient (Wildman–Crippen LogP) is 2.53. The first-order valence-electron chi connectivity index (χ1n) is 4.72. The lowest BCUT2D eigenvalue weighted by Crippen LogP contribution is -2.13. The number of hydrogen-bond donors (Lipinski definition) is 0. The zero-order valence-corrected chi connectivity index (χ0v) is 9.10. The standard InChI is InChI=1S/C10H16N4/c1-7(2)9(5-11)13-14-10(6-12)8(3)4/h7-10H,1-4H3/b14-13+. The molecule has 0 saturated heterocycles. The molecular weight excluding hydrogens is 176 g/mol. The van der Waals surface area contributed by atoms with Gasteiger partial charge in [0.25, 0.3) is 0 Å². The molecule has 0 radical (unpaired) electrons. The zero-order valence-electron chi connectivity index (χ0n) is 9.10. The molecule has 0 heterocycles. The molecule has 2 atom stereocenters. The fourth-order valence-corrected chi connectivity index (χ4v) is 0.760. The first-order valence-corrected chi connectivity index (χ1v) is 4.72. The molecule has 0 spiro atoms. The average molecular weight is 192 g/mol. The van der Waals surface area contributed by atoms with Crippen molar-refractivity contribution in [2.75, 3.05) is 0 Å². The van der Waals surface area contributed by atoms with E-state index in [-0.39, 0.29) is 11.8 Å². The van der Waals surface area contributed by atoms with Gasteiger partial charge < -0.3 is 0 Å². The van der Waals surface area contributed by atoms with Crippen molar-refractivity contribution in [1.82, 2.24) is 0 Å². The summed E-state index contributed by atoms with van der Waals surface area (Å²) in [5.74, 6) is 0.269. The van der Waals surface area contributed by atoms with Crippen LogP contribution in [-0.4, -0.2) is 12.1 Å². The summed E-state index contributed by atoms with van der Waals surface area (Å²) >= 11 is 0. The minimum absolute atomic E-state index is 0.134. The van der Waals surface area contributed by atoms with E-state index in [0.29, 0.717) is 0 Å². The first kappa shape index (κ1) is 12.6. The average Bonchev–Trinajstić information content (AvgIpc) is 2.11. The van der Waals surface area contributed by atoms with E-state index in [9.17, 15) is 0 Å². The van der Waals surface area contributed by atoms with E-state index in [0.717, 1.165) is 0 Å². The number of azo groups is 1. The highest BCUT2D eigenvalue weighted by molar-refractivity contribution is 4.94. The van der Waals surface area contributed by atoms with Crippen LogP contribution < -0.4 is 0 Å². The first-order chi connectivity index (χ1) is 6.52. The van der Waals surface area contributed by atoms with E-state index < -0.39 is 12.1 Å². The molecule has 0 amide bonds. The van der Waals surface area contributed by atoms with Gasteiger partial charge in [-0.15, -0.1) is 0 Å². The Morgan fingerprint density at radius 3 is 1.21 bits per heavy atom. The Labute approximate surface area is 85.3 Å². The summed E-state index contributed by atoms with van der Waals surface area (Å²) in [6, 6.07) is 3.22. The molecule has 0 aliphatic carbocycles. The molecule has 14 heavy (non-hydrogen) atoms. The Bertz CT molecular complexity index is 239. The van der Waals surface area contributed by atoms with Gasteiger partial charge in [0.15, 0.2) is 12.1 Å². The van der Waals surface area contributed by atoms with Crippen LogP contribution >= 0.6 is 0 Å². The Kier molecular flexibility index (Phi) is 5.48. The van der Waals surface area contributed by atoms with E-state index in [4.69, 9.17) is 10.5 Å². The summed E-state index contributed by atoms with van der Waals surface area (Å²) in [6.07, 6.45) is 0. The van der Waals surface area contributed by atoms with Gasteiger partial charge in [-0.3, -0.25) is 0 Å². The smallest absolute Gasteiger partial charge is 0.159 e. The lowest BCUT2D eigenvalue weighted by atomic mass is 10.1. The minimum atomic E-state index is -0.440. The van der Waals surface area contributed by atoms with Crippen LogP contribution in [0.3, 0.4) is 0 Å². The second kappa shape index (κ2) is 6.10. The maximum atomic E-state index is 8.73. The van der Waals surface area contributed by atoms with Crippen LogP contribution in [0.15, 0.2) is 10.2 Å². The molecule has 0 aromatic rings. The van der Waals surface area contributed by atoms with Gasteiger partial charge in [-0.1, -0.05) is 27.7 Å². The van der Waals surface area contributed by atoms with E-state index in [1.807, 2.05) is 27.7 Å². The summed E-state index contributed by atoms with van der Waals surface area (Å²) in [4.78, 5) is 0. The fourth-order valence-electron chi connectivity index (χ4n) is 0.760. The molecule has 0 rings (SSSR count). The van der Waals surface area contributed by atoms with Gasteiger partial charge in [0.2, 0.25) is 0 Å². The van der Waals surface area contributed by atoms with E-state index in [2.05, 4.69) is 22.4 Å². The van der Waals surface area contributed by atoms with Crippen molar-refractivity contribution in [1.29, 1.82) is 10.5 Å². The van der Waals surface area contributed by atoms with Crippen LogP contribution in [0.1, 0.15) is 27.7 Å². The van der Waals surface area contributed by atoms with E-state index >= 15 is 0 Å². The molecule has 0 fully saturated rings. The summed E-state index contributed by atoms with van der Waals surface area (Å²) in [5, 5.41) is 25.2. The molecule has 0 bridgehead atoms. The topological polar surface area (TPSA) is 72.3 Å². The molecule has 0 saturated carbocycles. The lowest BCUT2D eigenvalue weighted by molar-refractivity contribution is 0.507. The molecule has 0 aliphatic heterocycles. The molecule has 0 N–H and O–H groups in total. The Morgan fingerprint density at radius 1 is 0.786 bits per heavy atom. The third-order valence-corrected chi connectivity index (χ3v) is 1.84. The van der Waals surface area contributed by atoms with Crippen LogP contribution in [0, 0.1) is 34.5 Å². The number of rotatable bonds is 4. The molecule has 4 nitrogen and oxygen atoms in total. The van der Waals surface area contributed by atoms with Gasteiger partial charge in [-0.05, 0) is 11.8 Å². The molecular formula is C10H16N4. The van der Waals surface area contributed by atoms with Crippen molar-refractivity contribution in [3.05, 3.63) is 0 Å². The molecule has 0 aromatic carbocycles. The fraction of sp³-hybridized carbons (Fsp3) is 0.800. The Hall–Kier alpha value is -1.42. The van der Waals surface area contributed by atoms with Gasteiger partial charge in [0, 0.05) is 0 Å². The summed E-state index contributed by atoms with van der Waals surface area (Å²) in [6.45, 7) is 7.63. The van der Waals surface area contributed by atoms with Crippen molar-refractivity contribution < 1.29 is 0 Å². The highest BCUT2D eigenvalue weighted by Gasteiger charge is 2.14. The quantitative estimate of drug-likeness (QED) is 0.642. The molecule has 0 aliphatic rings. The van der Waals surface area contributed by atoms with Crippen LogP contribution in [0.5, 0.6) is 0 Å². The number of nitrogens with zero attached hydrogens (tertiary/aromatic N) is 4. The third kappa shape index (κ3) is 4.00. The Balaban J connectivity index is 4.42. The molecule has 2 unspecified atom stereocenters. The van der Waals surface area contributed by atoms with E-state index in [1.165, 1.54) is 0 Å². The normalized spacial score (nSPS) is 15.4. The number of hydrogen-bond acceptors (Lipinski definition) is 4. The van der Waals surface area contributed by atoms with Crippen molar-refractivity contribution in [3.63, 3.8) is 0 Å². The maximum absolute atomic E-state index is 8.73. The minimum Gasteiger partial charge on any atom is -0.196 e. The van der Waals surface area contributed by atoms with Crippen molar-refractivity contribution >= 4 is 0 Å². The third-order valence-electron chi connectivity index (χ3n) is 1.84. The molecule has 4 heteroatoms. The van der Waals surface area contributed by atoms with Crippen LogP contribution in [0.4, 0.5) is 0 Å². The molecule has 0 aromatic heterocycles. The molecule has 76 valence electrons. The van der Waals surface area contributed by atoms with Gasteiger partial charge >= 0.3 is 0 Å². The number of nitriles is 2. The van der Waals surface area contributed by atoms with Crippen LogP contribution in [0.25, 0.3) is 0 Å². The van der Waals surface area contributed by atoms with Gasteiger partial charge in [0.1, 0.15) is 0 Å². The summed E-state index contributed by atoms with van der Waals surface area (Å²) in [5.41, 5.74) is 0. The summed E-state index contributed by atoms with van der Waals surface area (Å²) in [7, 11) is 0. The van der Waals surface area contributed by atoms with Gasteiger partial charge in [-0.25, -0.2) is 0 Å². The summed E-state index contributed by atoms with van der Waals surface area (Å²) < 4.78 is 0. The van der Waals surface area contributed by atoms with Gasteiger partial charge in [-0.2, -0.15) is 20.8 Å². The zero-order chi connectivity index (χ0) is 11.1. The second-order valence-electron chi connectivity index (χ2n) is 3.87. The van der Waals surface area contributed by atoms with Gasteiger partial charge in [0.05, 0.1) is 12.1 Å². The SMILES string of the molecule is CC(C)C(C#N)/N=N/C(C#N)C(C)C.